The lowest BCUT2D eigenvalue weighted by atomic mass is 10.2. The number of aliphatic hydroxyl groups excluding tert-OH is 1. The van der Waals surface area contributed by atoms with Crippen LogP contribution in [0.2, 0.25) is 0 Å². The fourth-order valence-corrected chi connectivity index (χ4v) is 4.35. The molecule has 1 aliphatic rings. The van der Waals surface area contributed by atoms with Crippen LogP contribution in [-0.4, -0.2) is 71.8 Å². The Bertz CT molecular complexity index is 1330. The maximum absolute atomic E-state index is 13.5. The van der Waals surface area contributed by atoms with Crippen LogP contribution in [0.5, 0.6) is 0 Å². The molecule has 260 valence electrons. The van der Waals surface area contributed by atoms with E-state index >= 15 is 0 Å². The van der Waals surface area contributed by atoms with Crippen LogP contribution in [-0.2, 0) is 19.0 Å². The zero-order valence-corrected chi connectivity index (χ0v) is 27.1. The summed E-state index contributed by atoms with van der Waals surface area (Å²) in [6.45, 7) is 2.81. The number of carbonyl (C=O) groups is 2. The number of H-pyrrole nitrogens is 1. The van der Waals surface area contributed by atoms with Gasteiger partial charge in [0.1, 0.15) is 18.9 Å². The van der Waals surface area contributed by atoms with E-state index in [1.54, 1.807) is 0 Å². The third kappa shape index (κ3) is 17.4. The van der Waals surface area contributed by atoms with Gasteiger partial charge < -0.3 is 30.0 Å². The van der Waals surface area contributed by atoms with Crippen molar-refractivity contribution in [1.29, 1.82) is 0 Å². The molecule has 0 aliphatic carbocycles. The lowest BCUT2D eigenvalue weighted by molar-refractivity contribution is -0.121. The van der Waals surface area contributed by atoms with Crippen molar-refractivity contribution in [1.82, 2.24) is 20.2 Å². The van der Waals surface area contributed by atoms with E-state index in [9.17, 15) is 28.7 Å². The number of hydrogen-bond donors (Lipinski definition) is 4. The number of nitrogens with zero attached hydrogens (tertiary/aromatic N) is 1. The molecule has 1 aromatic rings. The molecule has 1 saturated heterocycles. The quantitative estimate of drug-likeness (QED) is 0.107. The zero-order chi connectivity index (χ0) is 34.1. The summed E-state index contributed by atoms with van der Waals surface area (Å²) in [5.74, 6) is -1.21. The van der Waals surface area contributed by atoms with E-state index in [1.165, 1.54) is 0 Å². The molecule has 0 spiro atoms. The van der Waals surface area contributed by atoms with Gasteiger partial charge in [-0.25, -0.2) is 9.59 Å². The van der Waals surface area contributed by atoms with E-state index in [2.05, 4.69) is 78.3 Å². The number of aliphatic hydroxyl groups is 1. The molecule has 0 aromatic carbocycles. The highest BCUT2D eigenvalue weighted by atomic mass is 19.1. The molecule has 2 amide bonds. The number of nitrogens with one attached hydrogen (secondary N) is 3. The molecule has 0 radical (unpaired) electrons. The van der Waals surface area contributed by atoms with E-state index in [0.717, 1.165) is 49.5 Å². The van der Waals surface area contributed by atoms with Gasteiger partial charge in [0.05, 0.1) is 25.5 Å². The summed E-state index contributed by atoms with van der Waals surface area (Å²) in [4.78, 5) is 48.8. The first-order chi connectivity index (χ1) is 22.8. The molecule has 3 atom stereocenters. The Morgan fingerprint density at radius 3 is 2.21 bits per heavy atom. The van der Waals surface area contributed by atoms with Crippen LogP contribution < -0.4 is 21.9 Å². The minimum absolute atomic E-state index is 0.0447. The van der Waals surface area contributed by atoms with Crippen LogP contribution >= 0.6 is 0 Å². The zero-order valence-electron chi connectivity index (χ0n) is 27.1. The number of alkyl carbamates (subject to hydrolysis) is 1. The van der Waals surface area contributed by atoms with Gasteiger partial charge in [-0.3, -0.25) is 19.1 Å². The first-order valence-corrected chi connectivity index (χ1v) is 16.2. The minimum Gasteiger partial charge on any atom is -0.447 e. The fraction of sp³-hybridized carbons (Fsp3) is 0.529. The molecule has 3 unspecified atom stereocenters. The minimum atomic E-state index is -1.17. The Kier molecular flexibility index (Phi) is 20.1. The normalized spacial score (nSPS) is 18.4. The van der Waals surface area contributed by atoms with Crippen LogP contribution in [0.25, 0.3) is 0 Å². The van der Waals surface area contributed by atoms with Crippen molar-refractivity contribution in [3.63, 3.8) is 0 Å². The summed E-state index contributed by atoms with van der Waals surface area (Å²) < 4.78 is 30.3. The van der Waals surface area contributed by atoms with Crippen LogP contribution in [0.4, 0.5) is 9.18 Å². The average molecular weight is 661 g/mol. The molecule has 1 aliphatic heterocycles. The Morgan fingerprint density at radius 1 is 0.979 bits per heavy atom. The highest BCUT2D eigenvalue weighted by molar-refractivity contribution is 5.75. The van der Waals surface area contributed by atoms with Crippen LogP contribution in [0.15, 0.2) is 76.5 Å². The first-order valence-electron chi connectivity index (χ1n) is 16.2. The second kappa shape index (κ2) is 24.2. The molecule has 13 heteroatoms. The van der Waals surface area contributed by atoms with Gasteiger partial charge >= 0.3 is 11.8 Å². The molecule has 4 N–H and O–H groups in total. The van der Waals surface area contributed by atoms with E-state index in [4.69, 9.17) is 14.2 Å². The van der Waals surface area contributed by atoms with Crippen LogP contribution in [0.1, 0.15) is 70.9 Å². The monoisotopic (exact) mass is 660 g/mol. The smallest absolute Gasteiger partial charge is 0.407 e. The maximum Gasteiger partial charge on any atom is 0.407 e. The van der Waals surface area contributed by atoms with Gasteiger partial charge in [0.15, 0.2) is 0 Å². The summed E-state index contributed by atoms with van der Waals surface area (Å²) in [6.07, 6.45) is 25.2. The SMILES string of the molecule is CCC=CCC=CCC=CCC=CCC=CCCCC(=O)NCCOCCNC(=O)OCC1OC(n2cc(F)c(=O)[nH]c2=O)CC1O. The molecule has 2 rings (SSSR count). The van der Waals surface area contributed by atoms with Crippen molar-refractivity contribution in [3.05, 3.63) is 93.6 Å². The third-order valence-corrected chi connectivity index (χ3v) is 6.83. The number of hydrogen-bond acceptors (Lipinski definition) is 8. The number of halogens is 1. The van der Waals surface area contributed by atoms with Crippen molar-refractivity contribution >= 4 is 12.0 Å². The molecular formula is C34H49FN4O8. The number of carbonyl (C=O) groups excluding carboxylic acids is 2. The Labute approximate surface area is 275 Å². The van der Waals surface area contributed by atoms with Crippen molar-refractivity contribution in [2.45, 2.75) is 83.1 Å². The number of allylic oxidation sites excluding steroid dienone is 10. The summed E-state index contributed by atoms with van der Waals surface area (Å²) in [5, 5.41) is 15.4. The van der Waals surface area contributed by atoms with Gasteiger partial charge in [-0.05, 0) is 44.9 Å². The number of ether oxygens (including phenoxy) is 3. The Balaban J connectivity index is 1.41. The van der Waals surface area contributed by atoms with Gasteiger partial charge in [0, 0.05) is 25.9 Å². The third-order valence-electron chi connectivity index (χ3n) is 6.83. The van der Waals surface area contributed by atoms with Gasteiger partial charge in [0.2, 0.25) is 11.7 Å². The molecule has 1 fully saturated rings. The maximum atomic E-state index is 13.5. The van der Waals surface area contributed by atoms with E-state index in [0.29, 0.717) is 19.2 Å². The van der Waals surface area contributed by atoms with E-state index < -0.39 is 41.6 Å². The summed E-state index contributed by atoms with van der Waals surface area (Å²) in [7, 11) is 0. The van der Waals surface area contributed by atoms with Crippen molar-refractivity contribution < 1.29 is 33.3 Å². The van der Waals surface area contributed by atoms with Gasteiger partial charge in [-0.1, -0.05) is 67.7 Å². The summed E-state index contributed by atoms with van der Waals surface area (Å²) in [5.41, 5.74) is -2.04. The van der Waals surface area contributed by atoms with Gasteiger partial charge in [-0.2, -0.15) is 4.39 Å². The number of amides is 2. The second-order valence-electron chi connectivity index (χ2n) is 10.7. The van der Waals surface area contributed by atoms with Crippen molar-refractivity contribution in [2.24, 2.45) is 0 Å². The van der Waals surface area contributed by atoms with E-state index in [-0.39, 0.29) is 38.7 Å². The molecule has 2 heterocycles. The molecule has 12 nitrogen and oxygen atoms in total. The Morgan fingerprint density at radius 2 is 1.57 bits per heavy atom. The molecule has 0 bridgehead atoms. The van der Waals surface area contributed by atoms with Crippen LogP contribution in [0.3, 0.4) is 0 Å². The van der Waals surface area contributed by atoms with Gasteiger partial charge in [-0.15, -0.1) is 0 Å². The predicted octanol–water partition coefficient (Wildman–Crippen LogP) is 4.10. The molecule has 0 saturated carbocycles. The van der Waals surface area contributed by atoms with Gasteiger partial charge in [0.25, 0.3) is 5.56 Å². The highest BCUT2D eigenvalue weighted by Gasteiger charge is 2.36. The highest BCUT2D eigenvalue weighted by Crippen LogP contribution is 2.27. The molecule has 47 heavy (non-hydrogen) atoms. The second-order valence-corrected chi connectivity index (χ2v) is 10.7. The summed E-state index contributed by atoms with van der Waals surface area (Å²) >= 11 is 0. The lowest BCUT2D eigenvalue weighted by Gasteiger charge is -2.16. The number of aromatic amines is 1. The summed E-state index contributed by atoms with van der Waals surface area (Å²) in [6, 6.07) is 0. The first kappa shape index (κ1) is 39.1. The number of unbranched alkanes of at least 4 members (excludes halogenated alkanes) is 1. The van der Waals surface area contributed by atoms with E-state index in [1.807, 2.05) is 4.98 Å². The number of aromatic nitrogens is 2. The lowest BCUT2D eigenvalue weighted by Crippen LogP contribution is -2.35. The Hall–Kier alpha value is -4.07. The van der Waals surface area contributed by atoms with Crippen molar-refractivity contribution in [3.8, 4) is 0 Å². The number of rotatable bonds is 22. The topological polar surface area (TPSA) is 161 Å². The standard InChI is InChI=1S/C34H49FN4O8/c1-2-3-4-5-6-7-8-9-10-11-12-13-14-15-16-17-18-19-30(41)36-20-22-45-23-21-37-34(44)46-26-29-28(40)24-31(47-29)39-25-27(35)32(42)38-33(39)43/h3-4,6-7,9-10,12-13,15-16,25,28-29,31,40H,2,5,8,11,14,17-24,26H2,1H3,(H,36,41)(H,37,44)(H,38,42,43). The molecule has 1 aromatic heterocycles. The molecular weight excluding hydrogens is 611 g/mol. The van der Waals surface area contributed by atoms with Crippen molar-refractivity contribution in [2.75, 3.05) is 32.9 Å². The van der Waals surface area contributed by atoms with Crippen LogP contribution in [0, 0.1) is 5.82 Å². The largest absolute Gasteiger partial charge is 0.447 e. The fourth-order valence-electron chi connectivity index (χ4n) is 4.35. The predicted molar refractivity (Wildman–Crippen MR) is 177 cm³/mol. The average Bonchev–Trinajstić information content (AvgIpc) is 3.42.